The van der Waals surface area contributed by atoms with Crippen LogP contribution < -0.4 is 0 Å². The lowest BCUT2D eigenvalue weighted by Crippen LogP contribution is -2.20. The fourth-order valence-electron chi connectivity index (χ4n) is 1.30. The summed E-state index contributed by atoms with van der Waals surface area (Å²) in [6.07, 6.45) is -2.51. The second kappa shape index (κ2) is 5.91. The molecule has 0 saturated carbocycles. The minimum atomic E-state index is -1.44. The van der Waals surface area contributed by atoms with Gasteiger partial charge in [0.2, 0.25) is 0 Å². The highest BCUT2D eigenvalue weighted by molar-refractivity contribution is 9.10. The van der Waals surface area contributed by atoms with Crippen molar-refractivity contribution in [2.24, 2.45) is 0 Å². The molecule has 1 aromatic carbocycles. The van der Waals surface area contributed by atoms with Gasteiger partial charge in [-0.15, -0.1) is 11.6 Å². The van der Waals surface area contributed by atoms with E-state index in [1.807, 2.05) is 0 Å². The zero-order chi connectivity index (χ0) is 12.3. The summed E-state index contributed by atoms with van der Waals surface area (Å²) in [7, 11) is 0. The third kappa shape index (κ3) is 3.13. The van der Waals surface area contributed by atoms with Crippen LogP contribution >= 0.6 is 27.5 Å². The first-order valence-corrected chi connectivity index (χ1v) is 5.86. The van der Waals surface area contributed by atoms with Crippen LogP contribution in [0.1, 0.15) is 18.1 Å². The molecule has 0 aliphatic carbocycles. The predicted molar refractivity (Wildman–Crippen MR) is 60.4 cm³/mol. The summed E-state index contributed by atoms with van der Waals surface area (Å²) in [5.74, 6) is -1.53. The number of hydrogen-bond donors (Lipinski definition) is 2. The SMILES string of the molecule is OC(CCCl)C(O)c1c(F)cc(F)cc1Br. The number of aliphatic hydroxyl groups excluding tert-OH is 2. The third-order valence-electron chi connectivity index (χ3n) is 2.11. The standard InChI is InChI=1S/C10H10BrClF2O2/c11-6-3-5(13)4-7(14)9(6)10(16)8(15)1-2-12/h3-4,8,10,15-16H,1-2H2. The second-order valence-electron chi connectivity index (χ2n) is 3.27. The first-order valence-electron chi connectivity index (χ1n) is 4.54. The van der Waals surface area contributed by atoms with Crippen molar-refractivity contribution in [1.82, 2.24) is 0 Å². The molecule has 0 bridgehead atoms. The lowest BCUT2D eigenvalue weighted by Gasteiger charge is -2.19. The molecule has 1 rings (SSSR count). The topological polar surface area (TPSA) is 40.5 Å². The quantitative estimate of drug-likeness (QED) is 0.839. The average molecular weight is 316 g/mol. The van der Waals surface area contributed by atoms with Gasteiger partial charge in [0, 0.05) is 22.0 Å². The van der Waals surface area contributed by atoms with Crippen LogP contribution in [0.2, 0.25) is 0 Å². The molecule has 2 nitrogen and oxygen atoms in total. The molecule has 0 aromatic heterocycles. The predicted octanol–water partition coefficient (Wildman–Crippen LogP) is 2.75. The Labute approximate surface area is 105 Å². The van der Waals surface area contributed by atoms with Gasteiger partial charge in [-0.3, -0.25) is 0 Å². The molecule has 0 aliphatic rings. The monoisotopic (exact) mass is 314 g/mol. The van der Waals surface area contributed by atoms with Crippen molar-refractivity contribution in [3.05, 3.63) is 33.8 Å². The van der Waals surface area contributed by atoms with Crippen molar-refractivity contribution in [2.75, 3.05) is 5.88 Å². The summed E-state index contributed by atoms with van der Waals surface area (Å²) in [4.78, 5) is 0. The van der Waals surface area contributed by atoms with E-state index >= 15 is 0 Å². The number of aliphatic hydroxyl groups is 2. The van der Waals surface area contributed by atoms with Gasteiger partial charge < -0.3 is 10.2 Å². The lowest BCUT2D eigenvalue weighted by molar-refractivity contribution is 0.0144. The van der Waals surface area contributed by atoms with Crippen LogP contribution in [-0.4, -0.2) is 22.2 Å². The van der Waals surface area contributed by atoms with E-state index in [0.29, 0.717) is 6.07 Å². The molecule has 6 heteroatoms. The van der Waals surface area contributed by atoms with E-state index in [4.69, 9.17) is 11.6 Å². The van der Waals surface area contributed by atoms with Crippen LogP contribution in [0.5, 0.6) is 0 Å². The maximum atomic E-state index is 13.4. The highest BCUT2D eigenvalue weighted by Gasteiger charge is 2.24. The number of benzene rings is 1. The van der Waals surface area contributed by atoms with Crippen LogP contribution in [0, 0.1) is 11.6 Å². The van der Waals surface area contributed by atoms with Crippen molar-refractivity contribution in [2.45, 2.75) is 18.6 Å². The summed E-state index contributed by atoms with van der Waals surface area (Å²) in [5, 5.41) is 19.1. The van der Waals surface area contributed by atoms with Gasteiger partial charge in [-0.1, -0.05) is 15.9 Å². The maximum absolute atomic E-state index is 13.4. The summed E-state index contributed by atoms with van der Waals surface area (Å²) in [5.41, 5.74) is -0.168. The number of rotatable bonds is 4. The Morgan fingerprint density at radius 2 is 1.94 bits per heavy atom. The molecule has 90 valence electrons. The molecule has 2 unspecified atom stereocenters. The van der Waals surface area contributed by atoms with Crippen molar-refractivity contribution in [3.63, 3.8) is 0 Å². The van der Waals surface area contributed by atoms with E-state index < -0.39 is 23.8 Å². The van der Waals surface area contributed by atoms with Gasteiger partial charge in [0.25, 0.3) is 0 Å². The lowest BCUT2D eigenvalue weighted by atomic mass is 10.0. The minimum absolute atomic E-state index is 0.0751. The smallest absolute Gasteiger partial charge is 0.133 e. The van der Waals surface area contributed by atoms with Crippen molar-refractivity contribution in [3.8, 4) is 0 Å². The van der Waals surface area contributed by atoms with Gasteiger partial charge >= 0.3 is 0 Å². The number of halogens is 4. The zero-order valence-electron chi connectivity index (χ0n) is 8.13. The fourth-order valence-corrected chi connectivity index (χ4v) is 2.16. The normalized spacial score (nSPS) is 14.9. The van der Waals surface area contributed by atoms with Crippen molar-refractivity contribution in [1.29, 1.82) is 0 Å². The molecular weight excluding hydrogens is 305 g/mol. The van der Waals surface area contributed by atoms with Gasteiger partial charge in [-0.2, -0.15) is 0 Å². The Bertz CT molecular complexity index is 353. The molecule has 16 heavy (non-hydrogen) atoms. The Morgan fingerprint density at radius 1 is 1.31 bits per heavy atom. The summed E-state index contributed by atoms with van der Waals surface area (Å²) < 4.78 is 26.2. The molecule has 0 fully saturated rings. The largest absolute Gasteiger partial charge is 0.390 e. The van der Waals surface area contributed by atoms with Crippen molar-refractivity contribution >= 4 is 27.5 Å². The molecular formula is C10H10BrClF2O2. The molecule has 1 aromatic rings. The Hall–Kier alpha value is -0.230. The van der Waals surface area contributed by atoms with Crippen LogP contribution in [-0.2, 0) is 0 Å². The third-order valence-corrected chi connectivity index (χ3v) is 2.98. The van der Waals surface area contributed by atoms with Crippen molar-refractivity contribution < 1.29 is 19.0 Å². The van der Waals surface area contributed by atoms with E-state index in [2.05, 4.69) is 15.9 Å². The van der Waals surface area contributed by atoms with Crippen LogP contribution in [0.15, 0.2) is 16.6 Å². The molecule has 2 N–H and O–H groups in total. The fraction of sp³-hybridized carbons (Fsp3) is 0.400. The van der Waals surface area contributed by atoms with E-state index in [1.165, 1.54) is 0 Å². The van der Waals surface area contributed by atoms with E-state index in [0.717, 1.165) is 6.07 Å². The molecule has 2 atom stereocenters. The molecule has 0 aliphatic heterocycles. The molecule has 0 heterocycles. The van der Waals surface area contributed by atoms with Gasteiger partial charge in [-0.05, 0) is 12.5 Å². The van der Waals surface area contributed by atoms with Gasteiger partial charge in [0.1, 0.15) is 17.7 Å². The first-order chi connectivity index (χ1) is 7.47. The summed E-state index contributed by atoms with van der Waals surface area (Å²) in [6, 6.07) is 1.67. The van der Waals surface area contributed by atoms with Crippen LogP contribution in [0.4, 0.5) is 8.78 Å². The zero-order valence-corrected chi connectivity index (χ0v) is 10.5. The Balaban J connectivity index is 3.03. The summed E-state index contributed by atoms with van der Waals surface area (Å²) >= 11 is 8.33. The second-order valence-corrected chi connectivity index (χ2v) is 4.51. The Kier molecular flexibility index (Phi) is 5.11. The van der Waals surface area contributed by atoms with Gasteiger partial charge in [0.15, 0.2) is 0 Å². The number of alkyl halides is 1. The van der Waals surface area contributed by atoms with Gasteiger partial charge in [0.05, 0.1) is 6.10 Å². The van der Waals surface area contributed by atoms with Gasteiger partial charge in [-0.25, -0.2) is 8.78 Å². The molecule has 0 radical (unpaired) electrons. The molecule has 0 amide bonds. The minimum Gasteiger partial charge on any atom is -0.390 e. The van der Waals surface area contributed by atoms with Crippen LogP contribution in [0.3, 0.4) is 0 Å². The van der Waals surface area contributed by atoms with Crippen LogP contribution in [0.25, 0.3) is 0 Å². The first kappa shape index (κ1) is 13.8. The van der Waals surface area contributed by atoms with E-state index in [1.54, 1.807) is 0 Å². The Morgan fingerprint density at radius 3 is 2.44 bits per heavy atom. The summed E-state index contributed by atoms with van der Waals surface area (Å²) in [6.45, 7) is 0. The van der Waals surface area contributed by atoms with E-state index in [-0.39, 0.29) is 22.3 Å². The molecule has 0 saturated heterocycles. The van der Waals surface area contributed by atoms with E-state index in [9.17, 15) is 19.0 Å². The number of hydrogen-bond acceptors (Lipinski definition) is 2. The highest BCUT2D eigenvalue weighted by atomic mass is 79.9. The molecule has 0 spiro atoms. The maximum Gasteiger partial charge on any atom is 0.133 e. The highest BCUT2D eigenvalue weighted by Crippen LogP contribution is 2.30. The average Bonchev–Trinajstić information content (AvgIpc) is 2.16.